The Balaban J connectivity index is 0.000000110. The summed E-state index contributed by atoms with van der Waals surface area (Å²) in [6, 6.07) is 162. The Morgan fingerprint density at radius 3 is 0.876 bits per heavy atom. The highest BCUT2D eigenvalue weighted by molar-refractivity contribution is 7.27. The van der Waals surface area contributed by atoms with Crippen LogP contribution in [0.25, 0.3) is 248 Å². The zero-order valence-electron chi connectivity index (χ0n) is 75.0. The van der Waals surface area contributed by atoms with Crippen LogP contribution in [0.15, 0.2) is 485 Å². The molecule has 23 aromatic carbocycles. The average Bonchev–Trinajstić information content (AvgIpc) is 1.24. The molecule has 0 aliphatic rings. The van der Waals surface area contributed by atoms with Crippen LogP contribution in [0.1, 0.15) is 6.85 Å². The van der Waals surface area contributed by atoms with Crippen LogP contribution < -0.4 is 0 Å². The van der Waals surface area contributed by atoms with Gasteiger partial charge in [0.05, 0.1) is 6.85 Å². The highest BCUT2D eigenvalue weighted by Crippen LogP contribution is 2.55. The third-order valence-corrected chi connectivity index (χ3v) is 29.3. The van der Waals surface area contributed by atoms with E-state index in [0.29, 0.717) is 5.56 Å². The van der Waals surface area contributed by atoms with E-state index in [9.17, 15) is 0 Å². The molecule has 0 radical (unpaired) electrons. The molecule has 0 aliphatic carbocycles. The van der Waals surface area contributed by atoms with E-state index in [0.717, 1.165) is 32.7 Å². The zero-order chi connectivity index (χ0) is 89.6. The molecule has 0 atom stereocenters. The summed E-state index contributed by atoms with van der Waals surface area (Å²) in [6.07, 6.45) is 0. The van der Waals surface area contributed by atoms with Crippen LogP contribution in [-0.2, 0) is 0 Å². The number of hydrogen-bond acceptors (Lipinski definition) is 3. The van der Waals surface area contributed by atoms with Crippen molar-refractivity contribution >= 4 is 159 Å². The van der Waals surface area contributed by atoms with Crippen molar-refractivity contribution < 1.29 is 6.85 Å². The van der Waals surface area contributed by atoms with Gasteiger partial charge in [-0.2, -0.15) is 0 Å². The maximum Gasteiger partial charge on any atom is 0.0629 e. The van der Waals surface area contributed by atoms with E-state index in [1.807, 2.05) is 65.1 Å². The van der Waals surface area contributed by atoms with Crippen LogP contribution in [0.4, 0.5) is 0 Å². The zero-order valence-corrected chi connectivity index (χ0v) is 72.5. The summed E-state index contributed by atoms with van der Waals surface area (Å²) in [4.78, 5) is 0. The molecule has 3 heterocycles. The smallest absolute Gasteiger partial charge is 0.0629 e. The molecule has 0 fully saturated rings. The molecule has 0 spiro atoms. The second-order valence-electron chi connectivity index (χ2n) is 32.9. The minimum absolute atomic E-state index is 0.196. The first-order chi connectivity index (χ1) is 66.2. The summed E-state index contributed by atoms with van der Waals surface area (Å²) >= 11 is 5.61. The number of rotatable bonds is 11. The second-order valence-corrected chi connectivity index (χ2v) is 36.0. The molecular weight excluding hydrogens is 1610 g/mol. The van der Waals surface area contributed by atoms with Crippen LogP contribution in [0.5, 0.6) is 0 Å². The minimum Gasteiger partial charge on any atom is -0.135 e. The lowest BCUT2D eigenvalue weighted by atomic mass is 9.84. The Labute approximate surface area is 767 Å². The molecule has 129 heavy (non-hydrogen) atoms. The van der Waals surface area contributed by atoms with Gasteiger partial charge in [0.2, 0.25) is 0 Å². The SMILES string of the molecule is [2H]c1c([2H])c([2H])c(-c2c3ccccc3c(-c3cccc4sc5c(-c6ccccc6)cccc5c34)c3ccccc23)c([2H])c1[2H].c1ccc(-c2cccc(-c3c4ccccc4c(-c4ccc(-c5ccccc5)c5sc6ccccc6c45)c4ccccc34)c2)cc1.c1ccc(-c2ccccc2-c2cccc3c2sc2cccc(-c4c5ccccc5c(-c5ccccc5)c5ccccc45)c23)cc1. The Kier molecular flexibility index (Phi) is 18.3. The molecule has 0 nitrogen and oxygen atoms in total. The molecule has 26 aromatic rings. The lowest BCUT2D eigenvalue weighted by Gasteiger charge is -2.19. The van der Waals surface area contributed by atoms with Gasteiger partial charge in [0.1, 0.15) is 0 Å². The Morgan fingerprint density at radius 1 is 0.140 bits per heavy atom. The van der Waals surface area contributed by atoms with E-state index in [2.05, 4.69) is 413 Å². The number of fused-ring (bicyclic) bond motifs is 15. The monoisotopic (exact) mass is 1690 g/mol. The van der Waals surface area contributed by atoms with E-state index in [1.54, 1.807) is 11.3 Å². The number of hydrogen-bond donors (Lipinski definition) is 0. The van der Waals surface area contributed by atoms with Gasteiger partial charge < -0.3 is 0 Å². The van der Waals surface area contributed by atoms with Crippen molar-refractivity contribution in [2.24, 2.45) is 0 Å². The molecule has 26 rings (SSSR count). The normalized spacial score (nSPS) is 12.1. The van der Waals surface area contributed by atoms with Crippen molar-refractivity contribution in [1.82, 2.24) is 0 Å². The van der Waals surface area contributed by atoms with Gasteiger partial charge in [-0.1, -0.05) is 461 Å². The van der Waals surface area contributed by atoms with Crippen molar-refractivity contribution in [3.05, 3.63) is 485 Å². The van der Waals surface area contributed by atoms with Crippen LogP contribution in [0.3, 0.4) is 0 Å². The van der Waals surface area contributed by atoms with E-state index in [-0.39, 0.29) is 35.8 Å². The lowest BCUT2D eigenvalue weighted by Crippen LogP contribution is -1.92. The second kappa shape index (κ2) is 33.0. The Bertz CT molecular complexity index is 8980. The van der Waals surface area contributed by atoms with Gasteiger partial charge in [-0.25, -0.2) is 0 Å². The number of benzene rings is 23. The van der Waals surface area contributed by atoms with Crippen LogP contribution >= 0.6 is 34.0 Å². The van der Waals surface area contributed by atoms with Crippen LogP contribution in [0, 0.1) is 0 Å². The van der Waals surface area contributed by atoms with Gasteiger partial charge in [-0.15, -0.1) is 34.0 Å². The molecule has 0 unspecified atom stereocenters. The highest BCUT2D eigenvalue weighted by atomic mass is 32.1. The summed E-state index contributed by atoms with van der Waals surface area (Å²) in [5.41, 5.74) is 25.8. The molecular formula is C126H80S3. The molecule has 0 N–H and O–H groups in total. The molecule has 3 aromatic heterocycles. The topological polar surface area (TPSA) is 0 Å². The minimum atomic E-state index is -0.389. The van der Waals surface area contributed by atoms with Crippen molar-refractivity contribution in [1.29, 1.82) is 0 Å². The lowest BCUT2D eigenvalue weighted by molar-refractivity contribution is 1.60. The fourth-order valence-electron chi connectivity index (χ4n) is 20.3. The van der Waals surface area contributed by atoms with Gasteiger partial charge in [0.25, 0.3) is 0 Å². The standard InChI is InChI=1S/2C44H28S.C38H24S/c1-3-14-29(15-4-1)31-18-13-19-32(28-31)41-34-20-7-9-22-36(34)42(37-23-10-8-21-35(37)41)39-27-26-33(30-16-5-2-6-17-30)44-43(39)38-24-11-12-25-40(38)45-44;1-3-15-29(16-4-1)31-19-7-8-20-32(31)37-25-13-27-39-43-38(26-14-28-40(43)45-44(37)39)42-35-23-11-9-21-33(35)41(30-17-5-2-6-18-30)34-22-10-12-24-36(34)42;1-3-13-25(14-4-1)27-21-11-23-33-37-32(22-12-24-34(37)39-38(27)33)36-30-19-9-7-17-28(30)35(26-15-5-2-6-16-26)29-18-8-10-20-31(29)36/h2*1-28H;1-24H/i;;2D,5D,6D,15D,16D. The third-order valence-electron chi connectivity index (χ3n) is 25.7. The molecule has 0 saturated heterocycles. The first kappa shape index (κ1) is 71.5. The van der Waals surface area contributed by atoms with Crippen LogP contribution in [-0.4, -0.2) is 0 Å². The fraction of sp³-hybridized carbons (Fsp3) is 0. The van der Waals surface area contributed by atoms with Gasteiger partial charge in [-0.3, -0.25) is 0 Å². The van der Waals surface area contributed by atoms with E-state index < -0.39 is 0 Å². The Hall–Kier alpha value is -15.7. The Morgan fingerprint density at radius 2 is 0.411 bits per heavy atom. The summed E-state index contributed by atoms with van der Waals surface area (Å²) in [5, 5.41) is 21.6. The third kappa shape index (κ3) is 13.4. The first-order valence-corrected chi connectivity index (χ1v) is 46.3. The molecule has 0 saturated carbocycles. The summed E-state index contributed by atoms with van der Waals surface area (Å²) < 4.78 is 50.4. The van der Waals surface area contributed by atoms with E-state index in [4.69, 9.17) is 6.85 Å². The van der Waals surface area contributed by atoms with Crippen molar-refractivity contribution in [2.75, 3.05) is 0 Å². The predicted octanol–water partition coefficient (Wildman–Crippen LogP) is 37.4. The number of thiophene rings is 3. The van der Waals surface area contributed by atoms with Crippen molar-refractivity contribution in [3.8, 4) is 122 Å². The summed E-state index contributed by atoms with van der Waals surface area (Å²) in [7, 11) is 0. The van der Waals surface area contributed by atoms with Gasteiger partial charge in [-0.05, 0) is 206 Å². The van der Waals surface area contributed by atoms with Gasteiger partial charge >= 0.3 is 0 Å². The van der Waals surface area contributed by atoms with Crippen molar-refractivity contribution in [3.63, 3.8) is 0 Å². The molecule has 0 bridgehead atoms. The highest BCUT2D eigenvalue weighted by Gasteiger charge is 2.27. The van der Waals surface area contributed by atoms with Gasteiger partial charge in [0.15, 0.2) is 0 Å². The quantitative estimate of drug-likeness (QED) is 0.113. The van der Waals surface area contributed by atoms with Crippen LogP contribution in [0.2, 0.25) is 0 Å². The largest absolute Gasteiger partial charge is 0.135 e. The van der Waals surface area contributed by atoms with Crippen molar-refractivity contribution in [2.45, 2.75) is 0 Å². The molecule has 0 aliphatic heterocycles. The maximum absolute atomic E-state index is 8.84. The van der Waals surface area contributed by atoms with Gasteiger partial charge in [0, 0.05) is 66.1 Å². The maximum atomic E-state index is 8.84. The molecule has 0 amide bonds. The fourth-order valence-corrected chi connectivity index (χ4v) is 24.0. The summed E-state index contributed by atoms with van der Waals surface area (Å²) in [6.45, 7) is 0. The predicted molar refractivity (Wildman–Crippen MR) is 563 cm³/mol. The summed E-state index contributed by atoms with van der Waals surface area (Å²) in [5.74, 6) is 0. The van der Waals surface area contributed by atoms with E-state index >= 15 is 0 Å². The molecule has 3 heteroatoms. The van der Waals surface area contributed by atoms with E-state index in [1.165, 1.54) is 204 Å². The average molecular weight is 1700 g/mol. The molecule has 602 valence electrons. The first-order valence-electron chi connectivity index (χ1n) is 46.4.